The Bertz CT molecular complexity index is 245. The molecule has 1 aromatic rings. The molecule has 0 unspecified atom stereocenters. The molecule has 1 atom stereocenters. The first-order chi connectivity index (χ1) is 4.88. The summed E-state index contributed by atoms with van der Waals surface area (Å²) in [6.45, 7) is 2.21. The second-order valence-electron chi connectivity index (χ2n) is 2.83. The third-order valence-corrected chi connectivity index (χ3v) is 2.09. The van der Waals surface area contributed by atoms with Gasteiger partial charge in [-0.2, -0.15) is 0 Å². The van der Waals surface area contributed by atoms with E-state index < -0.39 is 0 Å². The van der Waals surface area contributed by atoms with E-state index >= 15 is 0 Å². The van der Waals surface area contributed by atoms with Crippen LogP contribution < -0.4 is 0 Å². The van der Waals surface area contributed by atoms with Gasteiger partial charge >= 0.3 is 0 Å². The van der Waals surface area contributed by atoms with Crippen LogP contribution in [0.3, 0.4) is 0 Å². The van der Waals surface area contributed by atoms with E-state index in [1.165, 1.54) is 17.8 Å². The van der Waals surface area contributed by atoms with Crippen molar-refractivity contribution in [3.63, 3.8) is 0 Å². The Morgan fingerprint density at radius 3 is 3.00 bits per heavy atom. The summed E-state index contributed by atoms with van der Waals surface area (Å²) in [6, 6.07) is 0. The second-order valence-corrected chi connectivity index (χ2v) is 2.83. The van der Waals surface area contributed by atoms with Crippen LogP contribution in [0.25, 0.3) is 0 Å². The van der Waals surface area contributed by atoms with Gasteiger partial charge in [0.15, 0.2) is 0 Å². The van der Waals surface area contributed by atoms with Crippen molar-refractivity contribution in [2.45, 2.75) is 25.7 Å². The van der Waals surface area contributed by atoms with E-state index in [0.29, 0.717) is 5.92 Å². The van der Waals surface area contributed by atoms with Crippen LogP contribution in [-0.4, -0.2) is 9.97 Å². The summed E-state index contributed by atoms with van der Waals surface area (Å²) in [6.07, 6.45) is 5.89. The maximum absolute atomic E-state index is 4.28. The Hall–Kier alpha value is -0.920. The zero-order valence-electron chi connectivity index (χ0n) is 6.04. The Morgan fingerprint density at radius 1 is 1.40 bits per heavy atom. The summed E-state index contributed by atoms with van der Waals surface area (Å²) >= 11 is 0. The van der Waals surface area contributed by atoms with Crippen molar-refractivity contribution in [1.82, 2.24) is 9.97 Å². The highest BCUT2D eigenvalue weighted by atomic mass is 14.8. The molecule has 0 bridgehead atoms. The van der Waals surface area contributed by atoms with Gasteiger partial charge in [-0.1, -0.05) is 6.92 Å². The maximum Gasteiger partial charge on any atom is 0.0646 e. The number of hydrogen-bond acceptors (Lipinski definition) is 2. The monoisotopic (exact) mass is 134 g/mol. The smallest absolute Gasteiger partial charge is 0.0646 e. The summed E-state index contributed by atoms with van der Waals surface area (Å²) in [5, 5.41) is 0. The molecule has 2 rings (SSSR count). The van der Waals surface area contributed by atoms with Gasteiger partial charge in [-0.3, -0.25) is 9.97 Å². The van der Waals surface area contributed by atoms with Gasteiger partial charge in [0.2, 0.25) is 0 Å². The number of fused-ring (bicyclic) bond motifs is 1. The average Bonchev–Trinajstić information content (AvgIpc) is 2.34. The van der Waals surface area contributed by atoms with Crippen molar-refractivity contribution < 1.29 is 0 Å². The molecule has 1 heterocycles. The number of aryl methyl sites for hydroxylation is 1. The normalized spacial score (nSPS) is 22.7. The molecule has 1 aromatic heterocycles. The fourth-order valence-corrected chi connectivity index (χ4v) is 1.47. The lowest BCUT2D eigenvalue weighted by Gasteiger charge is -1.99. The van der Waals surface area contributed by atoms with Crippen LogP contribution in [0, 0.1) is 0 Å². The molecule has 0 amide bonds. The molecule has 1 aliphatic rings. The zero-order valence-corrected chi connectivity index (χ0v) is 6.04. The minimum Gasteiger partial charge on any atom is -0.258 e. The van der Waals surface area contributed by atoms with Gasteiger partial charge in [0.05, 0.1) is 11.4 Å². The average molecular weight is 134 g/mol. The third-order valence-electron chi connectivity index (χ3n) is 2.09. The molecule has 0 aromatic carbocycles. The van der Waals surface area contributed by atoms with Crippen LogP contribution in [-0.2, 0) is 6.42 Å². The van der Waals surface area contributed by atoms with Crippen molar-refractivity contribution in [3.8, 4) is 0 Å². The summed E-state index contributed by atoms with van der Waals surface area (Å²) < 4.78 is 0. The number of hydrogen-bond donors (Lipinski definition) is 0. The van der Waals surface area contributed by atoms with Crippen molar-refractivity contribution >= 4 is 0 Å². The summed E-state index contributed by atoms with van der Waals surface area (Å²) in [4.78, 5) is 8.52. The Labute approximate surface area is 60.3 Å². The molecule has 2 nitrogen and oxygen atoms in total. The van der Waals surface area contributed by atoms with Gasteiger partial charge in [-0.15, -0.1) is 0 Å². The molecule has 0 aliphatic heterocycles. The van der Waals surface area contributed by atoms with Gasteiger partial charge in [0.1, 0.15) is 0 Å². The highest BCUT2D eigenvalue weighted by Gasteiger charge is 2.19. The molecule has 52 valence electrons. The Balaban J connectivity index is 2.51. The van der Waals surface area contributed by atoms with Gasteiger partial charge in [-0.05, 0) is 12.8 Å². The maximum atomic E-state index is 4.28. The van der Waals surface area contributed by atoms with E-state index in [-0.39, 0.29) is 0 Å². The fourth-order valence-electron chi connectivity index (χ4n) is 1.47. The number of nitrogens with zero attached hydrogens (tertiary/aromatic N) is 2. The highest BCUT2D eigenvalue weighted by molar-refractivity contribution is 5.20. The molecule has 0 saturated heterocycles. The molecule has 2 heteroatoms. The topological polar surface area (TPSA) is 25.8 Å². The molecule has 0 fully saturated rings. The van der Waals surface area contributed by atoms with Crippen molar-refractivity contribution in [1.29, 1.82) is 0 Å². The van der Waals surface area contributed by atoms with Crippen molar-refractivity contribution in [2.75, 3.05) is 0 Å². The van der Waals surface area contributed by atoms with Crippen LogP contribution in [0.5, 0.6) is 0 Å². The molecule has 0 spiro atoms. The minimum absolute atomic E-state index is 0.628. The van der Waals surface area contributed by atoms with Crippen LogP contribution >= 0.6 is 0 Å². The SMILES string of the molecule is C[C@H]1CCc2nccnc21. The van der Waals surface area contributed by atoms with Crippen LogP contribution in [0.15, 0.2) is 12.4 Å². The minimum atomic E-state index is 0.628. The van der Waals surface area contributed by atoms with Crippen LogP contribution in [0.4, 0.5) is 0 Å². The molecule has 0 radical (unpaired) electrons. The quantitative estimate of drug-likeness (QED) is 0.537. The lowest BCUT2D eigenvalue weighted by Crippen LogP contribution is -1.92. The van der Waals surface area contributed by atoms with E-state index in [4.69, 9.17) is 0 Å². The van der Waals surface area contributed by atoms with Gasteiger partial charge in [0, 0.05) is 18.3 Å². The highest BCUT2D eigenvalue weighted by Crippen LogP contribution is 2.28. The predicted molar refractivity (Wildman–Crippen MR) is 38.8 cm³/mol. The predicted octanol–water partition coefficient (Wildman–Crippen LogP) is 1.53. The molecular weight excluding hydrogens is 124 g/mol. The molecule has 0 N–H and O–H groups in total. The van der Waals surface area contributed by atoms with Crippen LogP contribution in [0.1, 0.15) is 30.7 Å². The first-order valence-corrected chi connectivity index (χ1v) is 3.67. The fraction of sp³-hybridized carbons (Fsp3) is 0.500. The largest absolute Gasteiger partial charge is 0.258 e. The van der Waals surface area contributed by atoms with E-state index in [1.807, 2.05) is 0 Å². The lowest BCUT2D eigenvalue weighted by molar-refractivity contribution is 0.731. The van der Waals surface area contributed by atoms with Gasteiger partial charge in [0.25, 0.3) is 0 Å². The van der Waals surface area contributed by atoms with E-state index in [9.17, 15) is 0 Å². The van der Waals surface area contributed by atoms with E-state index in [2.05, 4.69) is 16.9 Å². The van der Waals surface area contributed by atoms with Crippen molar-refractivity contribution in [2.24, 2.45) is 0 Å². The van der Waals surface area contributed by atoms with Gasteiger partial charge < -0.3 is 0 Å². The first-order valence-electron chi connectivity index (χ1n) is 3.67. The van der Waals surface area contributed by atoms with E-state index in [0.717, 1.165) is 6.42 Å². The van der Waals surface area contributed by atoms with Gasteiger partial charge in [-0.25, -0.2) is 0 Å². The Kier molecular flexibility index (Phi) is 1.19. The van der Waals surface area contributed by atoms with Crippen LogP contribution in [0.2, 0.25) is 0 Å². The molecular formula is C8H10N2. The zero-order chi connectivity index (χ0) is 6.97. The molecule has 1 aliphatic carbocycles. The number of aromatic nitrogens is 2. The van der Waals surface area contributed by atoms with Crippen molar-refractivity contribution in [3.05, 3.63) is 23.8 Å². The summed E-state index contributed by atoms with van der Waals surface area (Å²) in [7, 11) is 0. The first kappa shape index (κ1) is 5.83. The molecule has 0 saturated carbocycles. The Morgan fingerprint density at radius 2 is 2.20 bits per heavy atom. The molecule has 10 heavy (non-hydrogen) atoms. The third kappa shape index (κ3) is 0.719. The number of rotatable bonds is 0. The second kappa shape index (κ2) is 2.04. The summed E-state index contributed by atoms with van der Waals surface area (Å²) in [5.74, 6) is 0.628. The van der Waals surface area contributed by atoms with E-state index in [1.54, 1.807) is 12.4 Å². The summed E-state index contributed by atoms with van der Waals surface area (Å²) in [5.41, 5.74) is 2.41. The lowest BCUT2D eigenvalue weighted by atomic mass is 10.1. The standard InChI is InChI=1S/C8H10N2/c1-6-2-3-7-8(6)10-5-4-9-7/h4-6H,2-3H2,1H3/t6-/m0/s1.